The summed E-state index contributed by atoms with van der Waals surface area (Å²) in [5.41, 5.74) is -0.307. The molecule has 0 fully saturated rings. The van der Waals surface area contributed by atoms with Crippen molar-refractivity contribution in [1.29, 1.82) is 0 Å². The van der Waals surface area contributed by atoms with Gasteiger partial charge in [0, 0.05) is 21.3 Å². The highest BCUT2D eigenvalue weighted by molar-refractivity contribution is 5.01. The molecule has 1 atom stereocenters. The van der Waals surface area contributed by atoms with Gasteiger partial charge in [0.25, 0.3) is 5.97 Å². The molecule has 0 rings (SSSR count). The average molecular weight is 399 g/mol. The monoisotopic (exact) mass is 398 g/mol. The van der Waals surface area contributed by atoms with Gasteiger partial charge in [-0.05, 0) is 12.8 Å². The fourth-order valence-electron chi connectivity index (χ4n) is 4.42. The van der Waals surface area contributed by atoms with Crippen molar-refractivity contribution < 1.29 is 14.2 Å². The van der Waals surface area contributed by atoms with Crippen LogP contribution in [0.1, 0.15) is 117 Å². The Morgan fingerprint density at radius 3 is 1.18 bits per heavy atom. The Morgan fingerprint density at radius 1 is 0.571 bits per heavy atom. The van der Waals surface area contributed by atoms with Crippen molar-refractivity contribution in [2.45, 2.75) is 123 Å². The zero-order chi connectivity index (χ0) is 21.1. The predicted molar refractivity (Wildman–Crippen MR) is 122 cm³/mol. The Labute approximate surface area is 176 Å². The van der Waals surface area contributed by atoms with Gasteiger partial charge in [-0.25, -0.2) is 0 Å². The summed E-state index contributed by atoms with van der Waals surface area (Å²) in [5.74, 6) is -1.04. The summed E-state index contributed by atoms with van der Waals surface area (Å²) in [6.45, 7) is 8.71. The molecule has 0 aliphatic carbocycles. The second-order valence-corrected chi connectivity index (χ2v) is 8.27. The maximum atomic E-state index is 5.80. The van der Waals surface area contributed by atoms with Crippen LogP contribution in [0.5, 0.6) is 0 Å². The van der Waals surface area contributed by atoms with E-state index in [-0.39, 0.29) is 5.41 Å². The second-order valence-electron chi connectivity index (χ2n) is 8.27. The molecular formula is C25H50O3. The predicted octanol–water partition coefficient (Wildman–Crippen LogP) is 8.03. The van der Waals surface area contributed by atoms with Crippen molar-refractivity contribution in [3.05, 3.63) is 12.7 Å². The fraction of sp³-hybridized carbons (Fsp3) is 0.920. The summed E-state index contributed by atoms with van der Waals surface area (Å²) in [7, 11) is 5.04. The molecule has 0 bridgehead atoms. The molecule has 168 valence electrons. The lowest BCUT2D eigenvalue weighted by Crippen LogP contribution is -2.52. The fourth-order valence-corrected chi connectivity index (χ4v) is 4.42. The topological polar surface area (TPSA) is 27.7 Å². The van der Waals surface area contributed by atoms with Gasteiger partial charge in [-0.2, -0.15) is 0 Å². The molecule has 3 heteroatoms. The summed E-state index contributed by atoms with van der Waals surface area (Å²) in [6, 6.07) is 0. The molecule has 0 saturated heterocycles. The smallest absolute Gasteiger partial charge is 0.291 e. The largest absolute Gasteiger partial charge is 0.330 e. The lowest BCUT2D eigenvalue weighted by atomic mass is 9.75. The van der Waals surface area contributed by atoms with Crippen molar-refractivity contribution in [2.24, 2.45) is 5.41 Å². The summed E-state index contributed by atoms with van der Waals surface area (Å²) in [5, 5.41) is 0. The summed E-state index contributed by atoms with van der Waals surface area (Å²) in [4.78, 5) is 0. The van der Waals surface area contributed by atoms with Gasteiger partial charge in [0.15, 0.2) is 0 Å². The minimum Gasteiger partial charge on any atom is -0.330 e. The molecule has 0 aliphatic heterocycles. The number of unbranched alkanes of at least 4 members (excludes halogenated alkanes) is 12. The first-order valence-corrected chi connectivity index (χ1v) is 11.9. The Morgan fingerprint density at radius 2 is 0.893 bits per heavy atom. The molecular weight excluding hydrogens is 348 g/mol. The van der Waals surface area contributed by atoms with E-state index < -0.39 is 5.97 Å². The molecule has 0 aromatic rings. The van der Waals surface area contributed by atoms with Gasteiger partial charge in [0.1, 0.15) is 0 Å². The van der Waals surface area contributed by atoms with Gasteiger partial charge in [-0.3, -0.25) is 0 Å². The average Bonchev–Trinajstić information content (AvgIpc) is 2.73. The Bertz CT molecular complexity index is 343. The molecule has 0 saturated carbocycles. The molecule has 1 unspecified atom stereocenters. The van der Waals surface area contributed by atoms with Crippen LogP contribution >= 0.6 is 0 Å². The molecule has 0 spiro atoms. The van der Waals surface area contributed by atoms with Crippen molar-refractivity contribution in [2.75, 3.05) is 21.3 Å². The van der Waals surface area contributed by atoms with Crippen LogP contribution in [0.4, 0.5) is 0 Å². The van der Waals surface area contributed by atoms with Gasteiger partial charge in [-0.1, -0.05) is 110 Å². The minimum absolute atomic E-state index is 0.307. The minimum atomic E-state index is -1.04. The SMILES string of the molecule is C=CC(CCCCCCCC)(CCCCCCCCCC)C(OC)(OC)OC. The lowest BCUT2D eigenvalue weighted by molar-refractivity contribution is -0.399. The number of rotatable bonds is 21. The number of ether oxygens (including phenoxy) is 3. The van der Waals surface area contributed by atoms with Gasteiger partial charge in [0.05, 0.1) is 5.41 Å². The van der Waals surface area contributed by atoms with Crippen LogP contribution in [-0.2, 0) is 14.2 Å². The van der Waals surface area contributed by atoms with E-state index in [0.717, 1.165) is 25.7 Å². The molecule has 0 aromatic carbocycles. The van der Waals surface area contributed by atoms with E-state index in [1.807, 2.05) is 6.08 Å². The van der Waals surface area contributed by atoms with Crippen LogP contribution in [0.2, 0.25) is 0 Å². The summed E-state index contributed by atoms with van der Waals surface area (Å²) >= 11 is 0. The first-order chi connectivity index (χ1) is 13.6. The zero-order valence-corrected chi connectivity index (χ0v) is 19.8. The third kappa shape index (κ3) is 9.41. The Hall–Kier alpha value is -0.380. The van der Waals surface area contributed by atoms with Crippen LogP contribution in [-0.4, -0.2) is 27.3 Å². The van der Waals surface area contributed by atoms with Crippen LogP contribution in [0.3, 0.4) is 0 Å². The van der Waals surface area contributed by atoms with Crippen molar-refractivity contribution in [3.8, 4) is 0 Å². The molecule has 28 heavy (non-hydrogen) atoms. The highest BCUT2D eigenvalue weighted by atomic mass is 16.9. The van der Waals surface area contributed by atoms with Crippen LogP contribution in [0.25, 0.3) is 0 Å². The van der Waals surface area contributed by atoms with Gasteiger partial charge in [-0.15, -0.1) is 6.58 Å². The second kappa shape index (κ2) is 17.5. The van der Waals surface area contributed by atoms with Gasteiger partial charge >= 0.3 is 0 Å². The van der Waals surface area contributed by atoms with Crippen LogP contribution in [0.15, 0.2) is 12.7 Å². The summed E-state index contributed by atoms with van der Waals surface area (Å²) in [6.07, 6.45) is 22.2. The van der Waals surface area contributed by atoms with E-state index in [2.05, 4.69) is 20.4 Å². The van der Waals surface area contributed by atoms with E-state index in [4.69, 9.17) is 14.2 Å². The summed E-state index contributed by atoms with van der Waals surface area (Å²) < 4.78 is 17.4. The van der Waals surface area contributed by atoms with E-state index in [1.54, 1.807) is 21.3 Å². The normalized spacial score (nSPS) is 14.2. The zero-order valence-electron chi connectivity index (χ0n) is 19.8. The maximum Gasteiger partial charge on any atom is 0.291 e. The first-order valence-electron chi connectivity index (χ1n) is 11.9. The molecule has 0 heterocycles. The van der Waals surface area contributed by atoms with E-state index in [1.165, 1.54) is 77.0 Å². The maximum absolute atomic E-state index is 5.80. The lowest BCUT2D eigenvalue weighted by Gasteiger charge is -2.45. The molecule has 0 aromatic heterocycles. The van der Waals surface area contributed by atoms with Crippen LogP contribution < -0.4 is 0 Å². The number of hydrogen-bond donors (Lipinski definition) is 0. The van der Waals surface area contributed by atoms with Crippen molar-refractivity contribution >= 4 is 0 Å². The number of hydrogen-bond acceptors (Lipinski definition) is 3. The van der Waals surface area contributed by atoms with Crippen molar-refractivity contribution in [3.63, 3.8) is 0 Å². The molecule has 0 N–H and O–H groups in total. The third-order valence-corrected chi connectivity index (χ3v) is 6.26. The molecule has 0 radical (unpaired) electrons. The molecule has 3 nitrogen and oxygen atoms in total. The first kappa shape index (κ1) is 27.6. The molecule has 0 amide bonds. The van der Waals surface area contributed by atoms with E-state index >= 15 is 0 Å². The van der Waals surface area contributed by atoms with E-state index in [9.17, 15) is 0 Å². The standard InChI is InChI=1S/C25H50O3/c1-7-10-12-14-16-17-19-21-23-24(9-3,25(26-4,27-5)28-6)22-20-18-15-13-11-8-2/h9H,3,7-8,10-23H2,1-2,4-6H3. The van der Waals surface area contributed by atoms with E-state index in [0.29, 0.717) is 0 Å². The van der Waals surface area contributed by atoms with Gasteiger partial charge in [0.2, 0.25) is 0 Å². The highest BCUT2D eigenvalue weighted by Crippen LogP contribution is 2.46. The van der Waals surface area contributed by atoms with Crippen LogP contribution in [0, 0.1) is 5.41 Å². The third-order valence-electron chi connectivity index (χ3n) is 6.26. The van der Waals surface area contributed by atoms with Crippen molar-refractivity contribution in [1.82, 2.24) is 0 Å². The Kier molecular flexibility index (Phi) is 17.2. The molecule has 0 aliphatic rings. The number of methoxy groups -OCH3 is 3. The van der Waals surface area contributed by atoms with Gasteiger partial charge < -0.3 is 14.2 Å². The highest BCUT2D eigenvalue weighted by Gasteiger charge is 2.51. The Balaban J connectivity index is 4.71. The quantitative estimate of drug-likeness (QED) is 0.111.